The first-order valence-electron chi connectivity index (χ1n) is 8.35. The number of hydrogen-bond acceptors (Lipinski definition) is 5. The van der Waals surface area contributed by atoms with Crippen molar-refractivity contribution < 1.29 is 9.53 Å². The quantitative estimate of drug-likeness (QED) is 0.858. The Kier molecular flexibility index (Phi) is 5.62. The Morgan fingerprint density at radius 2 is 1.84 bits per heavy atom. The van der Waals surface area contributed by atoms with Crippen molar-refractivity contribution in [3.63, 3.8) is 0 Å². The first kappa shape index (κ1) is 18.7. The minimum atomic E-state index is -0.303. The van der Waals surface area contributed by atoms with Crippen LogP contribution in [0.4, 0.5) is 11.6 Å². The summed E-state index contributed by atoms with van der Waals surface area (Å²) in [4.78, 5) is 21.3. The second kappa shape index (κ2) is 7.51. The van der Waals surface area contributed by atoms with E-state index in [9.17, 15) is 4.79 Å². The molecular formula is C19H26N4O2. The predicted molar refractivity (Wildman–Crippen MR) is 100 cm³/mol. The van der Waals surface area contributed by atoms with Gasteiger partial charge in [-0.3, -0.25) is 4.79 Å². The van der Waals surface area contributed by atoms with Crippen molar-refractivity contribution in [3.05, 3.63) is 41.7 Å². The van der Waals surface area contributed by atoms with Crippen LogP contribution < -0.4 is 15.4 Å². The fourth-order valence-corrected chi connectivity index (χ4v) is 2.19. The molecule has 0 aliphatic carbocycles. The van der Waals surface area contributed by atoms with Crippen LogP contribution in [0.25, 0.3) is 0 Å². The molecule has 6 heteroatoms. The second-order valence-electron chi connectivity index (χ2n) is 7.21. The van der Waals surface area contributed by atoms with Gasteiger partial charge >= 0.3 is 0 Å². The summed E-state index contributed by atoms with van der Waals surface area (Å²) < 4.78 is 5.74. The van der Waals surface area contributed by atoms with E-state index in [4.69, 9.17) is 4.74 Å². The van der Waals surface area contributed by atoms with E-state index in [-0.39, 0.29) is 17.6 Å². The molecule has 2 aromatic rings. The monoisotopic (exact) mass is 342 g/mol. The first-order chi connectivity index (χ1) is 11.6. The summed E-state index contributed by atoms with van der Waals surface area (Å²) in [7, 11) is 0. The van der Waals surface area contributed by atoms with E-state index in [1.165, 1.54) is 0 Å². The second-order valence-corrected chi connectivity index (χ2v) is 7.21. The van der Waals surface area contributed by atoms with Crippen LogP contribution in [0.1, 0.15) is 50.8 Å². The van der Waals surface area contributed by atoms with Gasteiger partial charge in [0.2, 0.25) is 5.95 Å². The maximum absolute atomic E-state index is 12.6. The van der Waals surface area contributed by atoms with Crippen molar-refractivity contribution >= 4 is 17.5 Å². The molecule has 0 saturated heterocycles. The number of nitrogens with one attached hydrogen (secondary N) is 2. The zero-order valence-corrected chi connectivity index (χ0v) is 15.7. The van der Waals surface area contributed by atoms with Gasteiger partial charge < -0.3 is 15.4 Å². The highest BCUT2D eigenvalue weighted by Gasteiger charge is 2.16. The molecule has 0 aliphatic heterocycles. The van der Waals surface area contributed by atoms with Crippen molar-refractivity contribution in [2.45, 2.75) is 53.2 Å². The van der Waals surface area contributed by atoms with Gasteiger partial charge in [-0.1, -0.05) is 12.1 Å². The van der Waals surface area contributed by atoms with Crippen molar-refractivity contribution in [2.24, 2.45) is 0 Å². The molecule has 0 bridgehead atoms. The molecule has 0 saturated carbocycles. The van der Waals surface area contributed by atoms with E-state index < -0.39 is 0 Å². The highest BCUT2D eigenvalue weighted by Crippen LogP contribution is 2.25. The Morgan fingerprint density at radius 1 is 1.16 bits per heavy atom. The summed E-state index contributed by atoms with van der Waals surface area (Å²) in [6.07, 6.45) is 0.0157. The van der Waals surface area contributed by atoms with Crippen LogP contribution in [-0.2, 0) is 0 Å². The van der Waals surface area contributed by atoms with Crippen LogP contribution in [0.2, 0.25) is 0 Å². The summed E-state index contributed by atoms with van der Waals surface area (Å²) in [5.74, 6) is 0.760. The molecule has 0 unspecified atom stereocenters. The highest BCUT2D eigenvalue weighted by atomic mass is 16.5. The van der Waals surface area contributed by atoms with E-state index in [2.05, 4.69) is 20.6 Å². The molecular weight excluding hydrogens is 316 g/mol. The smallest absolute Gasteiger partial charge is 0.274 e. The molecule has 0 radical (unpaired) electrons. The van der Waals surface area contributed by atoms with Crippen molar-refractivity contribution in [1.82, 2.24) is 9.97 Å². The Balaban J connectivity index is 2.24. The number of carbonyl (C=O) groups excluding carboxylic acids is 1. The van der Waals surface area contributed by atoms with E-state index in [0.717, 1.165) is 5.69 Å². The van der Waals surface area contributed by atoms with E-state index in [1.807, 2.05) is 59.7 Å². The van der Waals surface area contributed by atoms with Gasteiger partial charge in [-0.05, 0) is 59.7 Å². The van der Waals surface area contributed by atoms with Gasteiger partial charge in [0.25, 0.3) is 5.91 Å². The SMILES string of the molecule is Cc1cc(C(=O)Nc2ccccc2OC(C)C)nc(NC(C)(C)C)n1. The zero-order chi connectivity index (χ0) is 18.6. The molecule has 0 spiro atoms. The van der Waals surface area contributed by atoms with E-state index >= 15 is 0 Å². The van der Waals surface area contributed by atoms with Gasteiger partial charge in [-0.15, -0.1) is 0 Å². The van der Waals surface area contributed by atoms with Crippen molar-refractivity contribution in [2.75, 3.05) is 10.6 Å². The minimum Gasteiger partial charge on any atom is -0.489 e. The number of nitrogens with zero attached hydrogens (tertiary/aromatic N) is 2. The number of rotatable bonds is 5. The predicted octanol–water partition coefficient (Wildman–Crippen LogP) is 4.03. The third-order valence-electron chi connectivity index (χ3n) is 3.07. The third kappa shape index (κ3) is 5.74. The lowest BCUT2D eigenvalue weighted by atomic mass is 10.1. The lowest BCUT2D eigenvalue weighted by molar-refractivity contribution is 0.102. The van der Waals surface area contributed by atoms with Gasteiger partial charge in [0.15, 0.2) is 0 Å². The zero-order valence-electron chi connectivity index (χ0n) is 15.7. The Morgan fingerprint density at radius 3 is 2.48 bits per heavy atom. The highest BCUT2D eigenvalue weighted by molar-refractivity contribution is 6.03. The summed E-state index contributed by atoms with van der Waals surface area (Å²) >= 11 is 0. The Hall–Kier alpha value is -2.63. The number of aromatic nitrogens is 2. The molecule has 25 heavy (non-hydrogen) atoms. The minimum absolute atomic E-state index is 0.0157. The summed E-state index contributed by atoms with van der Waals surface area (Å²) in [5.41, 5.74) is 1.44. The van der Waals surface area contributed by atoms with Crippen LogP contribution >= 0.6 is 0 Å². The first-order valence-corrected chi connectivity index (χ1v) is 8.35. The Labute approximate surface area is 149 Å². The van der Waals surface area contributed by atoms with Crippen LogP contribution in [0.5, 0.6) is 5.75 Å². The molecule has 1 aromatic heterocycles. The van der Waals surface area contributed by atoms with Crippen molar-refractivity contribution in [1.29, 1.82) is 0 Å². The molecule has 1 heterocycles. The lowest BCUT2D eigenvalue weighted by Gasteiger charge is -2.21. The average Bonchev–Trinajstić information content (AvgIpc) is 2.46. The van der Waals surface area contributed by atoms with E-state index in [0.29, 0.717) is 23.1 Å². The van der Waals surface area contributed by atoms with Gasteiger partial charge in [0.05, 0.1) is 11.8 Å². The molecule has 2 N–H and O–H groups in total. The maximum Gasteiger partial charge on any atom is 0.274 e. The molecule has 0 aliphatic rings. The molecule has 1 aromatic carbocycles. The number of benzene rings is 1. The summed E-state index contributed by atoms with van der Waals surface area (Å²) in [6, 6.07) is 9.01. The van der Waals surface area contributed by atoms with Gasteiger partial charge in [0.1, 0.15) is 11.4 Å². The number of carbonyl (C=O) groups is 1. The fraction of sp³-hybridized carbons (Fsp3) is 0.421. The third-order valence-corrected chi connectivity index (χ3v) is 3.07. The number of hydrogen-bond donors (Lipinski definition) is 2. The summed E-state index contributed by atoms with van der Waals surface area (Å²) in [5, 5.41) is 6.06. The van der Waals surface area contributed by atoms with Gasteiger partial charge in [0, 0.05) is 11.2 Å². The number of aryl methyl sites for hydroxylation is 1. The lowest BCUT2D eigenvalue weighted by Crippen LogP contribution is -2.28. The summed E-state index contributed by atoms with van der Waals surface area (Å²) in [6.45, 7) is 11.8. The standard InChI is InChI=1S/C19H26N4O2/c1-12(2)25-16-10-8-7-9-14(16)21-17(24)15-11-13(3)20-18(22-15)23-19(4,5)6/h7-12H,1-6H3,(H,21,24)(H,20,22,23). The number of amides is 1. The Bertz CT molecular complexity index is 751. The van der Waals surface area contributed by atoms with Crippen LogP contribution in [0, 0.1) is 6.92 Å². The largest absolute Gasteiger partial charge is 0.489 e. The topological polar surface area (TPSA) is 76.1 Å². The van der Waals surface area contributed by atoms with Gasteiger partial charge in [-0.25, -0.2) is 9.97 Å². The normalized spacial score (nSPS) is 11.3. The van der Waals surface area contributed by atoms with Crippen LogP contribution in [0.3, 0.4) is 0 Å². The molecule has 134 valence electrons. The molecule has 6 nitrogen and oxygen atoms in total. The fourth-order valence-electron chi connectivity index (χ4n) is 2.19. The molecule has 0 fully saturated rings. The van der Waals surface area contributed by atoms with Crippen LogP contribution in [-0.4, -0.2) is 27.5 Å². The molecule has 0 atom stereocenters. The molecule has 1 amide bonds. The van der Waals surface area contributed by atoms with Gasteiger partial charge in [-0.2, -0.15) is 0 Å². The number of anilines is 2. The average molecular weight is 342 g/mol. The number of para-hydroxylation sites is 2. The molecule has 2 rings (SSSR count). The van der Waals surface area contributed by atoms with E-state index in [1.54, 1.807) is 12.1 Å². The van der Waals surface area contributed by atoms with Crippen molar-refractivity contribution in [3.8, 4) is 5.75 Å². The van der Waals surface area contributed by atoms with Crippen LogP contribution in [0.15, 0.2) is 30.3 Å². The number of ether oxygens (including phenoxy) is 1. The maximum atomic E-state index is 12.6.